The van der Waals surface area contributed by atoms with Crippen LogP contribution in [0.1, 0.15) is 18.4 Å². The van der Waals surface area contributed by atoms with E-state index in [2.05, 4.69) is 27.2 Å². The van der Waals surface area contributed by atoms with E-state index in [1.165, 1.54) is 0 Å². The lowest BCUT2D eigenvalue weighted by Crippen LogP contribution is -2.15. The molecule has 4 heteroatoms. The first-order valence-corrected chi connectivity index (χ1v) is 5.76. The third kappa shape index (κ3) is 3.07. The average molecular weight is 228 g/mol. The monoisotopic (exact) mass is 228 g/mol. The third-order valence-corrected chi connectivity index (χ3v) is 2.36. The second-order valence-corrected chi connectivity index (χ2v) is 3.81. The molecule has 2 aromatic heterocycles. The van der Waals surface area contributed by atoms with Crippen LogP contribution in [0.4, 0.5) is 0 Å². The molecule has 0 bridgehead atoms. The van der Waals surface area contributed by atoms with E-state index in [-0.39, 0.29) is 0 Å². The van der Waals surface area contributed by atoms with Gasteiger partial charge in [0.25, 0.3) is 0 Å². The summed E-state index contributed by atoms with van der Waals surface area (Å²) in [5.74, 6) is 0.813. The summed E-state index contributed by atoms with van der Waals surface area (Å²) in [5.41, 5.74) is 2.73. The highest BCUT2D eigenvalue weighted by molar-refractivity contribution is 5.53. The number of nitrogens with zero attached hydrogens (tertiary/aromatic N) is 3. The van der Waals surface area contributed by atoms with Crippen LogP contribution in [0.2, 0.25) is 0 Å². The highest BCUT2D eigenvalue weighted by Crippen LogP contribution is 2.14. The van der Waals surface area contributed by atoms with Crippen molar-refractivity contribution in [2.45, 2.75) is 20.4 Å². The van der Waals surface area contributed by atoms with Crippen molar-refractivity contribution in [1.29, 1.82) is 0 Å². The van der Waals surface area contributed by atoms with Gasteiger partial charge in [-0.15, -0.1) is 0 Å². The minimum atomic E-state index is 0.692. The summed E-state index contributed by atoms with van der Waals surface area (Å²) in [6.07, 6.45) is 1.77. The van der Waals surface area contributed by atoms with Crippen LogP contribution in [0.25, 0.3) is 11.4 Å². The molecule has 0 spiro atoms. The maximum Gasteiger partial charge on any atom is 0.143 e. The summed E-state index contributed by atoms with van der Waals surface area (Å²) in [4.78, 5) is 13.2. The molecule has 0 fully saturated rings. The molecule has 0 aliphatic heterocycles. The van der Waals surface area contributed by atoms with Gasteiger partial charge >= 0.3 is 0 Å². The molecular formula is C13H16N4. The Kier molecular flexibility index (Phi) is 3.77. The summed E-state index contributed by atoms with van der Waals surface area (Å²) in [5, 5.41) is 3.23. The maximum atomic E-state index is 4.51. The van der Waals surface area contributed by atoms with Crippen LogP contribution >= 0.6 is 0 Å². The van der Waals surface area contributed by atoms with Gasteiger partial charge in [0.15, 0.2) is 0 Å². The number of nitrogens with one attached hydrogen (secondary N) is 1. The first-order chi connectivity index (χ1) is 8.29. The summed E-state index contributed by atoms with van der Waals surface area (Å²) >= 11 is 0. The smallest absolute Gasteiger partial charge is 0.143 e. The Morgan fingerprint density at radius 3 is 2.76 bits per heavy atom. The standard InChI is InChI=1S/C13H16N4/c1-3-14-9-13-16-10(2)8-12(17-13)11-6-4-5-7-15-11/h4-8,14H,3,9H2,1-2H3. The molecule has 0 unspecified atom stereocenters. The van der Waals surface area contributed by atoms with E-state index in [1.807, 2.05) is 31.2 Å². The first-order valence-electron chi connectivity index (χ1n) is 5.76. The number of hydrogen-bond donors (Lipinski definition) is 1. The van der Waals surface area contributed by atoms with Gasteiger partial charge in [-0.2, -0.15) is 0 Å². The minimum Gasteiger partial charge on any atom is -0.310 e. The molecule has 0 aliphatic carbocycles. The fourth-order valence-electron chi connectivity index (χ4n) is 1.59. The fourth-order valence-corrected chi connectivity index (χ4v) is 1.59. The second kappa shape index (κ2) is 5.50. The zero-order chi connectivity index (χ0) is 12.1. The van der Waals surface area contributed by atoms with Crippen molar-refractivity contribution in [1.82, 2.24) is 20.3 Å². The summed E-state index contributed by atoms with van der Waals surface area (Å²) < 4.78 is 0. The van der Waals surface area contributed by atoms with Gasteiger partial charge in [0.1, 0.15) is 5.82 Å². The Hall–Kier alpha value is -1.81. The summed E-state index contributed by atoms with van der Waals surface area (Å²) in [6, 6.07) is 7.78. The Labute approximate surface area is 101 Å². The lowest BCUT2D eigenvalue weighted by molar-refractivity contribution is 0.688. The maximum absolute atomic E-state index is 4.51. The van der Waals surface area contributed by atoms with E-state index in [4.69, 9.17) is 0 Å². The van der Waals surface area contributed by atoms with Gasteiger partial charge in [0.2, 0.25) is 0 Å². The number of hydrogen-bond acceptors (Lipinski definition) is 4. The number of aromatic nitrogens is 3. The van der Waals surface area contributed by atoms with Crippen LogP contribution < -0.4 is 5.32 Å². The van der Waals surface area contributed by atoms with Crippen molar-refractivity contribution in [3.8, 4) is 11.4 Å². The summed E-state index contributed by atoms with van der Waals surface area (Å²) in [7, 11) is 0. The van der Waals surface area contributed by atoms with Crippen LogP contribution in [0.3, 0.4) is 0 Å². The molecule has 2 rings (SSSR count). The molecule has 17 heavy (non-hydrogen) atoms. The van der Waals surface area contributed by atoms with Gasteiger partial charge < -0.3 is 5.32 Å². The molecule has 1 N–H and O–H groups in total. The Morgan fingerprint density at radius 2 is 2.06 bits per heavy atom. The molecule has 0 saturated carbocycles. The van der Waals surface area contributed by atoms with Crippen molar-refractivity contribution in [3.05, 3.63) is 42.0 Å². The third-order valence-electron chi connectivity index (χ3n) is 2.36. The van der Waals surface area contributed by atoms with Crippen molar-refractivity contribution in [2.75, 3.05) is 6.54 Å². The molecule has 2 heterocycles. The molecule has 88 valence electrons. The molecule has 0 amide bonds. The van der Waals surface area contributed by atoms with Crippen LogP contribution in [0.5, 0.6) is 0 Å². The highest BCUT2D eigenvalue weighted by atomic mass is 15.0. The molecule has 0 aliphatic rings. The molecule has 0 saturated heterocycles. The quantitative estimate of drug-likeness (QED) is 0.869. The van der Waals surface area contributed by atoms with E-state index in [0.29, 0.717) is 6.54 Å². The van der Waals surface area contributed by atoms with E-state index in [1.54, 1.807) is 6.20 Å². The van der Waals surface area contributed by atoms with E-state index >= 15 is 0 Å². The molecular weight excluding hydrogens is 212 g/mol. The van der Waals surface area contributed by atoms with Gasteiger partial charge in [-0.3, -0.25) is 4.98 Å². The second-order valence-electron chi connectivity index (χ2n) is 3.81. The van der Waals surface area contributed by atoms with Crippen LogP contribution in [-0.2, 0) is 6.54 Å². The zero-order valence-electron chi connectivity index (χ0n) is 10.1. The Bertz CT molecular complexity index is 482. The zero-order valence-corrected chi connectivity index (χ0v) is 10.1. The molecule has 0 atom stereocenters. The van der Waals surface area contributed by atoms with E-state index in [9.17, 15) is 0 Å². The molecule has 2 aromatic rings. The lowest BCUT2D eigenvalue weighted by atomic mass is 10.2. The van der Waals surface area contributed by atoms with Gasteiger partial charge in [-0.05, 0) is 31.7 Å². The van der Waals surface area contributed by atoms with Crippen LogP contribution in [-0.4, -0.2) is 21.5 Å². The van der Waals surface area contributed by atoms with Gasteiger partial charge in [0, 0.05) is 11.9 Å². The predicted octanol–water partition coefficient (Wildman–Crippen LogP) is 1.96. The SMILES string of the molecule is CCNCc1nc(C)cc(-c2ccccn2)n1. The predicted molar refractivity (Wildman–Crippen MR) is 67.4 cm³/mol. The van der Waals surface area contributed by atoms with Gasteiger partial charge in [-0.1, -0.05) is 13.0 Å². The van der Waals surface area contributed by atoms with Crippen LogP contribution in [0, 0.1) is 6.92 Å². The van der Waals surface area contributed by atoms with Crippen LogP contribution in [0.15, 0.2) is 30.5 Å². The molecule has 0 radical (unpaired) electrons. The van der Waals surface area contributed by atoms with Gasteiger partial charge in [-0.25, -0.2) is 9.97 Å². The topological polar surface area (TPSA) is 50.7 Å². The Balaban J connectivity index is 2.32. The molecule has 4 nitrogen and oxygen atoms in total. The van der Waals surface area contributed by atoms with E-state index < -0.39 is 0 Å². The highest BCUT2D eigenvalue weighted by Gasteiger charge is 2.04. The normalized spacial score (nSPS) is 10.5. The molecule has 0 aromatic carbocycles. The largest absolute Gasteiger partial charge is 0.310 e. The Morgan fingerprint density at radius 1 is 1.18 bits per heavy atom. The minimum absolute atomic E-state index is 0.692. The number of aryl methyl sites for hydroxylation is 1. The van der Waals surface area contributed by atoms with Crippen molar-refractivity contribution < 1.29 is 0 Å². The number of rotatable bonds is 4. The van der Waals surface area contributed by atoms with Crippen molar-refractivity contribution in [3.63, 3.8) is 0 Å². The van der Waals surface area contributed by atoms with Gasteiger partial charge in [0.05, 0.1) is 17.9 Å². The average Bonchev–Trinajstić information content (AvgIpc) is 2.37. The van der Waals surface area contributed by atoms with Crippen molar-refractivity contribution in [2.24, 2.45) is 0 Å². The number of pyridine rings is 1. The van der Waals surface area contributed by atoms with Crippen molar-refractivity contribution >= 4 is 0 Å². The lowest BCUT2D eigenvalue weighted by Gasteiger charge is -2.05. The fraction of sp³-hybridized carbons (Fsp3) is 0.308. The van der Waals surface area contributed by atoms with E-state index in [0.717, 1.165) is 29.5 Å². The first kappa shape index (κ1) is 11.7. The summed E-state index contributed by atoms with van der Waals surface area (Å²) in [6.45, 7) is 5.65.